The van der Waals surface area contributed by atoms with Gasteiger partial charge in [0.25, 0.3) is 5.56 Å². The molecular formula is C22H21N5O8. The minimum Gasteiger partial charge on any atom is -0.477 e. The molecule has 0 aliphatic heterocycles. The molecule has 182 valence electrons. The minimum atomic E-state index is -1.12. The highest BCUT2D eigenvalue weighted by molar-refractivity contribution is 6.00. The van der Waals surface area contributed by atoms with E-state index in [2.05, 4.69) is 9.72 Å². The first-order valence-corrected chi connectivity index (χ1v) is 10.2. The number of aromatic nitrogens is 3. The van der Waals surface area contributed by atoms with E-state index in [1.165, 1.54) is 12.1 Å². The van der Waals surface area contributed by atoms with Gasteiger partial charge < -0.3 is 25.3 Å². The molecule has 0 spiro atoms. The Labute approximate surface area is 197 Å². The molecule has 35 heavy (non-hydrogen) atoms. The Morgan fingerprint density at radius 3 is 2.43 bits per heavy atom. The van der Waals surface area contributed by atoms with Crippen molar-refractivity contribution in [2.24, 2.45) is 0 Å². The molecule has 0 fully saturated rings. The van der Waals surface area contributed by atoms with E-state index in [4.69, 9.17) is 10.5 Å². The molecule has 0 aliphatic rings. The molecule has 0 amide bonds. The number of ketones is 1. The summed E-state index contributed by atoms with van der Waals surface area (Å²) in [6.45, 7) is -0.117. The molecule has 13 heteroatoms. The zero-order chi connectivity index (χ0) is 25.7. The molecule has 2 aromatic heterocycles. The summed E-state index contributed by atoms with van der Waals surface area (Å²) in [6, 6.07) is 11.3. The predicted molar refractivity (Wildman–Crippen MR) is 122 cm³/mol. The number of aryl methyl sites for hydroxylation is 1. The number of benzene rings is 1. The number of nitrogen functional groups attached to an aromatic ring is 1. The van der Waals surface area contributed by atoms with E-state index in [-0.39, 0.29) is 12.3 Å². The van der Waals surface area contributed by atoms with Crippen molar-refractivity contribution in [2.75, 3.05) is 19.5 Å². The number of nitro groups is 1. The molecule has 3 aromatic rings. The average molecular weight is 483 g/mol. The van der Waals surface area contributed by atoms with E-state index in [1.54, 1.807) is 37.3 Å². The smallest absolute Gasteiger partial charge is 0.406 e. The number of rotatable bonds is 9. The molecule has 0 atom stereocenters. The normalized spacial score (nSPS) is 10.6. The third-order valence-corrected chi connectivity index (χ3v) is 4.96. The van der Waals surface area contributed by atoms with E-state index in [9.17, 15) is 29.3 Å². The lowest BCUT2D eigenvalue weighted by atomic mass is 10.1. The summed E-state index contributed by atoms with van der Waals surface area (Å²) in [5.74, 6) is -3.18. The van der Waals surface area contributed by atoms with Crippen LogP contribution in [0.2, 0.25) is 0 Å². The Bertz CT molecular complexity index is 1410. The first-order chi connectivity index (χ1) is 16.6. The van der Waals surface area contributed by atoms with Gasteiger partial charge in [-0.05, 0) is 27.6 Å². The van der Waals surface area contributed by atoms with E-state index in [0.717, 1.165) is 11.7 Å². The predicted octanol–water partition coefficient (Wildman–Crippen LogP) is 0.687. The van der Waals surface area contributed by atoms with Crippen LogP contribution >= 0.6 is 0 Å². The zero-order valence-corrected chi connectivity index (χ0v) is 18.8. The second-order valence-corrected chi connectivity index (χ2v) is 7.33. The first kappa shape index (κ1) is 24.8. The van der Waals surface area contributed by atoms with Crippen molar-refractivity contribution in [1.82, 2.24) is 14.1 Å². The molecule has 0 saturated heterocycles. The van der Waals surface area contributed by atoms with Gasteiger partial charge in [0, 0.05) is 6.92 Å². The third-order valence-electron chi connectivity index (χ3n) is 4.96. The number of ether oxygens (including phenoxy) is 2. The van der Waals surface area contributed by atoms with Crippen LogP contribution in [0.4, 0.5) is 11.6 Å². The standard InChI is InChI=1S/C22H21N5O8/c1-13-8-9-16(20(24-13)27(32)33)35-12-15(28)18-19(23)25(10-14-6-4-3-5-7-14)22(31)26(21(18)30)11-17(29)34-2/h3-9H,10-12,23H2,1-2H3. The van der Waals surface area contributed by atoms with Gasteiger partial charge in [0.05, 0.1) is 13.7 Å². The van der Waals surface area contributed by atoms with Crippen molar-refractivity contribution >= 4 is 23.4 Å². The van der Waals surface area contributed by atoms with Crippen molar-refractivity contribution in [3.05, 3.63) is 90.2 Å². The van der Waals surface area contributed by atoms with Crippen LogP contribution in [-0.4, -0.2) is 44.5 Å². The summed E-state index contributed by atoms with van der Waals surface area (Å²) in [5.41, 5.74) is 4.43. The van der Waals surface area contributed by atoms with Crippen molar-refractivity contribution in [3.8, 4) is 5.75 Å². The summed E-state index contributed by atoms with van der Waals surface area (Å²) in [5, 5.41) is 11.3. The molecule has 0 unspecified atom stereocenters. The monoisotopic (exact) mass is 483 g/mol. The van der Waals surface area contributed by atoms with Crippen LogP contribution in [0.15, 0.2) is 52.1 Å². The minimum absolute atomic E-state index is 0.0958. The van der Waals surface area contributed by atoms with Crippen LogP contribution in [0.1, 0.15) is 21.6 Å². The maximum atomic E-state index is 13.0. The number of pyridine rings is 1. The summed E-state index contributed by atoms with van der Waals surface area (Å²) in [7, 11) is 1.08. The molecule has 0 bridgehead atoms. The fourth-order valence-electron chi connectivity index (χ4n) is 3.22. The molecule has 3 rings (SSSR count). The number of nitrogens with two attached hydrogens (primary N) is 1. The number of hydrogen-bond acceptors (Lipinski definition) is 10. The molecule has 0 radical (unpaired) electrons. The molecule has 13 nitrogen and oxygen atoms in total. The van der Waals surface area contributed by atoms with E-state index in [0.29, 0.717) is 15.8 Å². The van der Waals surface area contributed by atoms with Crippen molar-refractivity contribution in [3.63, 3.8) is 0 Å². The van der Waals surface area contributed by atoms with Crippen LogP contribution < -0.4 is 21.7 Å². The van der Waals surface area contributed by atoms with Crippen molar-refractivity contribution < 1.29 is 24.0 Å². The van der Waals surface area contributed by atoms with Crippen molar-refractivity contribution in [1.29, 1.82) is 0 Å². The number of Topliss-reactive ketones (excluding diaryl/α,β-unsaturated/α-hetero) is 1. The quantitative estimate of drug-likeness (QED) is 0.197. The highest BCUT2D eigenvalue weighted by Gasteiger charge is 2.26. The van der Waals surface area contributed by atoms with Crippen LogP contribution in [0.3, 0.4) is 0 Å². The maximum absolute atomic E-state index is 13.0. The molecule has 0 saturated carbocycles. The van der Waals surface area contributed by atoms with Gasteiger partial charge in [0.15, 0.2) is 6.61 Å². The number of carbonyl (C=O) groups is 2. The summed E-state index contributed by atoms with van der Waals surface area (Å²) in [6.07, 6.45) is 0. The largest absolute Gasteiger partial charge is 0.477 e. The first-order valence-electron chi connectivity index (χ1n) is 10.2. The number of nitrogens with zero attached hydrogens (tertiary/aromatic N) is 4. The van der Waals surface area contributed by atoms with Gasteiger partial charge in [-0.1, -0.05) is 30.3 Å². The average Bonchev–Trinajstić information content (AvgIpc) is 2.84. The highest BCUT2D eigenvalue weighted by atomic mass is 16.6. The lowest BCUT2D eigenvalue weighted by molar-refractivity contribution is -0.390. The van der Waals surface area contributed by atoms with E-state index >= 15 is 0 Å². The number of hydrogen-bond donors (Lipinski definition) is 1. The lowest BCUT2D eigenvalue weighted by Gasteiger charge is -2.16. The van der Waals surface area contributed by atoms with Gasteiger partial charge >= 0.3 is 17.5 Å². The Morgan fingerprint density at radius 1 is 1.11 bits per heavy atom. The number of esters is 1. The van der Waals surface area contributed by atoms with Crippen LogP contribution in [-0.2, 0) is 22.6 Å². The molecule has 1 aromatic carbocycles. The summed E-state index contributed by atoms with van der Waals surface area (Å²) >= 11 is 0. The second kappa shape index (κ2) is 10.4. The van der Waals surface area contributed by atoms with Gasteiger partial charge in [-0.15, -0.1) is 0 Å². The van der Waals surface area contributed by atoms with Gasteiger partial charge in [0.2, 0.25) is 11.5 Å². The zero-order valence-electron chi connectivity index (χ0n) is 18.8. The van der Waals surface area contributed by atoms with E-state index in [1.807, 2.05) is 0 Å². The van der Waals surface area contributed by atoms with Gasteiger partial charge in [-0.25, -0.2) is 9.36 Å². The van der Waals surface area contributed by atoms with Gasteiger partial charge in [-0.3, -0.25) is 19.0 Å². The van der Waals surface area contributed by atoms with E-state index < -0.39 is 58.3 Å². The number of methoxy groups -OCH3 is 1. The fourth-order valence-corrected chi connectivity index (χ4v) is 3.22. The molecular weight excluding hydrogens is 462 g/mol. The van der Waals surface area contributed by atoms with Gasteiger partial charge in [-0.2, -0.15) is 0 Å². The molecule has 0 aliphatic carbocycles. The Balaban J connectivity index is 2.05. The number of carbonyl (C=O) groups excluding carboxylic acids is 2. The molecule has 2 heterocycles. The second-order valence-electron chi connectivity index (χ2n) is 7.33. The van der Waals surface area contributed by atoms with Gasteiger partial charge in [0.1, 0.15) is 23.6 Å². The van der Waals surface area contributed by atoms with Crippen LogP contribution in [0, 0.1) is 17.0 Å². The van der Waals surface area contributed by atoms with Crippen LogP contribution in [0.5, 0.6) is 5.75 Å². The Hall–Kier alpha value is -4.81. The molecule has 2 N–H and O–H groups in total. The maximum Gasteiger partial charge on any atom is 0.406 e. The Kier molecular flexibility index (Phi) is 7.39. The SMILES string of the molecule is COC(=O)Cn1c(=O)c(C(=O)COc2ccc(C)nc2[N+](=O)[O-])c(N)n(Cc2ccccc2)c1=O. The lowest BCUT2D eigenvalue weighted by Crippen LogP contribution is -2.46. The highest BCUT2D eigenvalue weighted by Crippen LogP contribution is 2.24. The number of anilines is 1. The Morgan fingerprint density at radius 2 is 1.80 bits per heavy atom. The van der Waals surface area contributed by atoms with Crippen molar-refractivity contribution in [2.45, 2.75) is 20.0 Å². The summed E-state index contributed by atoms with van der Waals surface area (Å²) < 4.78 is 11.3. The fraction of sp³-hybridized carbons (Fsp3) is 0.227. The topological polar surface area (TPSA) is 179 Å². The third kappa shape index (κ3) is 5.40. The van der Waals surface area contributed by atoms with Crippen LogP contribution in [0.25, 0.3) is 0 Å². The summed E-state index contributed by atoms with van der Waals surface area (Å²) in [4.78, 5) is 65.0.